The number of hydrogen-bond donors (Lipinski definition) is 1. The first-order chi connectivity index (χ1) is 12.3. The molecule has 6 nitrogen and oxygen atoms in total. The summed E-state index contributed by atoms with van der Waals surface area (Å²) in [6, 6.07) is 9.31. The third-order valence-electron chi connectivity index (χ3n) is 3.28. The number of nitrogens with zero attached hydrogens (tertiary/aromatic N) is 3. The lowest BCUT2D eigenvalue weighted by molar-refractivity contribution is -0.159. The third-order valence-corrected chi connectivity index (χ3v) is 4.24. The number of hydrogen-bond acceptors (Lipinski definition) is 6. The number of rotatable bonds is 3. The molecule has 0 unspecified atom stereocenters. The minimum Gasteiger partial charge on any atom is -0.329 e. The van der Waals surface area contributed by atoms with E-state index in [1.54, 1.807) is 6.07 Å². The average molecular weight is 378 g/mol. The van der Waals surface area contributed by atoms with E-state index in [1.807, 2.05) is 13.0 Å². The van der Waals surface area contributed by atoms with E-state index in [0.29, 0.717) is 10.6 Å². The highest BCUT2D eigenvalue weighted by molar-refractivity contribution is 7.16. The lowest BCUT2D eigenvalue weighted by Crippen LogP contribution is -2.11. The molecular weight excluding hydrogens is 369 g/mol. The van der Waals surface area contributed by atoms with E-state index < -0.39 is 18.0 Å². The number of benzene rings is 1. The minimum absolute atomic E-state index is 0.232. The van der Waals surface area contributed by atoms with Crippen LogP contribution >= 0.6 is 11.3 Å². The van der Waals surface area contributed by atoms with Crippen molar-refractivity contribution in [2.75, 3.05) is 5.32 Å². The van der Waals surface area contributed by atoms with E-state index in [1.165, 1.54) is 35.6 Å². The molecule has 0 aliphatic heterocycles. The van der Waals surface area contributed by atoms with Gasteiger partial charge in [0.25, 0.3) is 5.91 Å². The Kier molecular flexibility index (Phi) is 4.48. The van der Waals surface area contributed by atoms with Crippen LogP contribution in [-0.4, -0.2) is 16.0 Å². The summed E-state index contributed by atoms with van der Waals surface area (Å²) >= 11 is 1.27. The summed E-state index contributed by atoms with van der Waals surface area (Å²) in [4.78, 5) is 16.4. The van der Waals surface area contributed by atoms with E-state index in [0.717, 1.165) is 4.88 Å². The fraction of sp³-hybridized carbons (Fsp3) is 0.125. The van der Waals surface area contributed by atoms with Gasteiger partial charge in [-0.15, -0.1) is 11.3 Å². The molecule has 0 aliphatic carbocycles. The number of halogens is 3. The van der Waals surface area contributed by atoms with E-state index >= 15 is 0 Å². The Morgan fingerprint density at radius 2 is 2.00 bits per heavy atom. The highest BCUT2D eigenvalue weighted by Crippen LogP contribution is 2.30. The lowest BCUT2D eigenvalue weighted by Gasteiger charge is -2.04. The van der Waals surface area contributed by atoms with Crippen molar-refractivity contribution in [3.05, 3.63) is 52.2 Å². The van der Waals surface area contributed by atoms with Gasteiger partial charge in [0.1, 0.15) is 11.1 Å². The monoisotopic (exact) mass is 378 g/mol. The molecule has 10 heteroatoms. The second kappa shape index (κ2) is 6.61. The second-order valence-electron chi connectivity index (χ2n) is 5.16. The summed E-state index contributed by atoms with van der Waals surface area (Å²) in [5.41, 5.74) is 0.901. The quantitative estimate of drug-likeness (QED) is 0.736. The number of thiophene rings is 1. The summed E-state index contributed by atoms with van der Waals surface area (Å²) in [5, 5.41) is 15.4. The molecule has 26 heavy (non-hydrogen) atoms. The van der Waals surface area contributed by atoms with Gasteiger partial charge in [0, 0.05) is 16.0 Å². The molecule has 0 fully saturated rings. The third kappa shape index (κ3) is 3.57. The maximum atomic E-state index is 12.5. The largest absolute Gasteiger partial charge is 0.471 e. The zero-order chi connectivity index (χ0) is 18.9. The zero-order valence-electron chi connectivity index (χ0n) is 13.1. The second-order valence-corrected chi connectivity index (χ2v) is 6.42. The maximum Gasteiger partial charge on any atom is 0.471 e. The fourth-order valence-electron chi connectivity index (χ4n) is 2.09. The Hall–Kier alpha value is -3.19. The number of nitrogens with one attached hydrogen (secondary N) is 1. The van der Waals surface area contributed by atoms with Crippen molar-refractivity contribution < 1.29 is 22.5 Å². The summed E-state index contributed by atoms with van der Waals surface area (Å²) < 4.78 is 41.6. The van der Waals surface area contributed by atoms with Crippen molar-refractivity contribution in [3.63, 3.8) is 0 Å². The van der Waals surface area contributed by atoms with Crippen LogP contribution in [0.15, 0.2) is 34.9 Å². The van der Waals surface area contributed by atoms with Crippen LogP contribution in [0.3, 0.4) is 0 Å². The molecule has 2 aromatic heterocycles. The number of nitriles is 1. The van der Waals surface area contributed by atoms with Gasteiger partial charge in [-0.2, -0.15) is 23.4 Å². The molecule has 0 bridgehead atoms. The number of aryl methyl sites for hydroxylation is 1. The first-order valence-electron chi connectivity index (χ1n) is 7.11. The van der Waals surface area contributed by atoms with Gasteiger partial charge in [0.2, 0.25) is 5.82 Å². The molecule has 0 aliphatic rings. The van der Waals surface area contributed by atoms with E-state index in [9.17, 15) is 18.0 Å². The Balaban J connectivity index is 1.78. The lowest BCUT2D eigenvalue weighted by atomic mass is 10.1. The SMILES string of the molecule is Cc1cc(C#N)c(NC(=O)c2ccc(-c3noc(C(F)(F)F)n3)cc2)s1. The van der Waals surface area contributed by atoms with Crippen molar-refractivity contribution >= 4 is 22.2 Å². The first kappa shape index (κ1) is 17.6. The first-order valence-corrected chi connectivity index (χ1v) is 7.93. The molecule has 0 saturated carbocycles. The Labute approximate surface area is 148 Å². The summed E-state index contributed by atoms with van der Waals surface area (Å²) in [7, 11) is 0. The topological polar surface area (TPSA) is 91.8 Å². The van der Waals surface area contributed by atoms with Gasteiger partial charge in [-0.1, -0.05) is 17.3 Å². The van der Waals surface area contributed by atoms with Crippen molar-refractivity contribution in [1.29, 1.82) is 5.26 Å². The van der Waals surface area contributed by atoms with Crippen LogP contribution in [0, 0.1) is 18.3 Å². The number of anilines is 1. The molecule has 132 valence electrons. The van der Waals surface area contributed by atoms with Crippen LogP contribution in [0.2, 0.25) is 0 Å². The van der Waals surface area contributed by atoms with Crippen LogP contribution in [-0.2, 0) is 6.18 Å². The number of amides is 1. The van der Waals surface area contributed by atoms with Crippen molar-refractivity contribution in [1.82, 2.24) is 10.1 Å². The Morgan fingerprint density at radius 3 is 2.58 bits per heavy atom. The van der Waals surface area contributed by atoms with Gasteiger partial charge < -0.3 is 9.84 Å². The standard InChI is InChI=1S/C16H9F3N4O2S/c1-8-6-11(7-20)14(26-8)22-13(24)10-4-2-9(3-5-10)12-21-15(25-23-12)16(17,18)19/h2-6H,1H3,(H,22,24). The molecule has 1 amide bonds. The van der Waals surface area contributed by atoms with Gasteiger partial charge in [-0.3, -0.25) is 4.79 Å². The number of carbonyl (C=O) groups is 1. The molecule has 0 radical (unpaired) electrons. The average Bonchev–Trinajstić information content (AvgIpc) is 3.21. The molecule has 1 N–H and O–H groups in total. The van der Waals surface area contributed by atoms with Gasteiger partial charge in [-0.05, 0) is 25.1 Å². The number of carbonyl (C=O) groups excluding carboxylic acids is 1. The Bertz CT molecular complexity index is 1000. The fourth-order valence-corrected chi connectivity index (χ4v) is 2.95. The van der Waals surface area contributed by atoms with Gasteiger partial charge in [-0.25, -0.2) is 0 Å². The summed E-state index contributed by atoms with van der Waals surface area (Å²) in [6.45, 7) is 1.82. The van der Waals surface area contributed by atoms with Crippen molar-refractivity contribution in [2.45, 2.75) is 13.1 Å². The predicted octanol–water partition coefficient (Wildman–Crippen LogP) is 4.25. The van der Waals surface area contributed by atoms with E-state index in [4.69, 9.17) is 5.26 Å². The van der Waals surface area contributed by atoms with Crippen molar-refractivity contribution in [3.8, 4) is 17.5 Å². The van der Waals surface area contributed by atoms with Gasteiger partial charge >= 0.3 is 12.1 Å². The molecule has 3 rings (SSSR count). The van der Waals surface area contributed by atoms with E-state index in [-0.39, 0.29) is 17.0 Å². The summed E-state index contributed by atoms with van der Waals surface area (Å²) in [6.07, 6.45) is -4.72. The molecule has 0 saturated heterocycles. The molecule has 1 aromatic carbocycles. The Morgan fingerprint density at radius 1 is 1.31 bits per heavy atom. The minimum atomic E-state index is -4.72. The summed E-state index contributed by atoms with van der Waals surface area (Å²) in [5.74, 6) is -2.12. The van der Waals surface area contributed by atoms with Crippen LogP contribution in [0.1, 0.15) is 26.7 Å². The maximum absolute atomic E-state index is 12.5. The molecular formula is C16H9F3N4O2S. The normalized spacial score (nSPS) is 11.2. The van der Waals surface area contributed by atoms with Crippen LogP contribution < -0.4 is 5.32 Å². The zero-order valence-corrected chi connectivity index (χ0v) is 13.9. The predicted molar refractivity (Wildman–Crippen MR) is 86.5 cm³/mol. The van der Waals surface area contributed by atoms with E-state index in [2.05, 4.69) is 20.0 Å². The van der Waals surface area contributed by atoms with Gasteiger partial charge in [0.05, 0.1) is 5.56 Å². The highest BCUT2D eigenvalue weighted by Gasteiger charge is 2.38. The van der Waals surface area contributed by atoms with Crippen LogP contribution in [0.5, 0.6) is 0 Å². The van der Waals surface area contributed by atoms with Crippen molar-refractivity contribution in [2.24, 2.45) is 0 Å². The number of aromatic nitrogens is 2. The number of alkyl halides is 3. The highest BCUT2D eigenvalue weighted by atomic mass is 32.1. The molecule has 0 atom stereocenters. The smallest absolute Gasteiger partial charge is 0.329 e. The van der Waals surface area contributed by atoms with Crippen LogP contribution in [0.4, 0.5) is 18.2 Å². The molecule has 0 spiro atoms. The van der Waals surface area contributed by atoms with Gasteiger partial charge in [0.15, 0.2) is 0 Å². The van der Waals surface area contributed by atoms with Crippen LogP contribution in [0.25, 0.3) is 11.4 Å². The molecule has 2 heterocycles. The molecule has 3 aromatic rings.